The van der Waals surface area contributed by atoms with Crippen molar-refractivity contribution in [1.29, 1.82) is 0 Å². The highest BCUT2D eigenvalue weighted by Crippen LogP contribution is 2.31. The number of nitrogens with one attached hydrogen (secondary N) is 1. The Morgan fingerprint density at radius 1 is 1.12 bits per heavy atom. The summed E-state index contributed by atoms with van der Waals surface area (Å²) in [5.74, 6) is -0.192. The number of hydrogen-bond donors (Lipinski definition) is 1. The molecule has 0 aliphatic rings. The predicted octanol–water partition coefficient (Wildman–Crippen LogP) is 4.86. The monoisotopic (exact) mass is 484 g/mol. The molecule has 11 heteroatoms. The summed E-state index contributed by atoms with van der Waals surface area (Å²) in [6.07, 6.45) is -3.58. The van der Waals surface area contributed by atoms with E-state index < -0.39 is 32.6 Å². The summed E-state index contributed by atoms with van der Waals surface area (Å²) >= 11 is 1.49. The number of ether oxygens (including phenoxy) is 1. The van der Waals surface area contributed by atoms with Gasteiger partial charge in [0.2, 0.25) is 0 Å². The van der Waals surface area contributed by atoms with Gasteiger partial charge >= 0.3 is 12.3 Å². The summed E-state index contributed by atoms with van der Waals surface area (Å²) in [7, 11) is -3.93. The third-order valence-corrected chi connectivity index (χ3v) is 7.06. The number of alkyl halides is 3. The molecule has 0 unspecified atom stereocenters. The number of aromatic nitrogens is 1. The lowest BCUT2D eigenvalue weighted by atomic mass is 10.2. The molecule has 3 rings (SSSR count). The Bertz CT molecular complexity index is 1160. The number of rotatable bonds is 8. The maximum atomic E-state index is 12.9. The molecule has 32 heavy (non-hydrogen) atoms. The first-order chi connectivity index (χ1) is 15.1. The largest absolute Gasteiger partial charge is 0.416 e. The molecule has 1 amide bonds. The highest BCUT2D eigenvalue weighted by molar-refractivity contribution is 7.91. The first-order valence-electron chi connectivity index (χ1n) is 9.47. The molecule has 2 aromatic heterocycles. The normalized spacial score (nSPS) is 11.8. The third kappa shape index (κ3) is 6.54. The van der Waals surface area contributed by atoms with Crippen molar-refractivity contribution in [2.45, 2.75) is 30.5 Å². The zero-order valence-corrected chi connectivity index (χ0v) is 18.3. The highest BCUT2D eigenvalue weighted by Gasteiger charge is 2.31. The van der Waals surface area contributed by atoms with Crippen molar-refractivity contribution in [2.24, 2.45) is 0 Å². The van der Waals surface area contributed by atoms with Crippen molar-refractivity contribution in [3.63, 3.8) is 0 Å². The van der Waals surface area contributed by atoms with Crippen molar-refractivity contribution in [3.05, 3.63) is 76.2 Å². The molecule has 0 aliphatic heterocycles. The van der Waals surface area contributed by atoms with Crippen LogP contribution in [-0.2, 0) is 29.0 Å². The molecule has 0 bridgehead atoms. The maximum absolute atomic E-state index is 12.9. The molecule has 0 fully saturated rings. The van der Waals surface area contributed by atoms with Crippen LogP contribution in [0.1, 0.15) is 22.6 Å². The number of pyridine rings is 1. The summed E-state index contributed by atoms with van der Waals surface area (Å²) in [5, 5.41) is 4.50. The van der Waals surface area contributed by atoms with E-state index in [2.05, 4.69) is 10.3 Å². The lowest BCUT2D eigenvalue weighted by Gasteiger charge is -2.11. The van der Waals surface area contributed by atoms with E-state index in [1.54, 1.807) is 6.07 Å². The standard InChI is InChI=1S/C21H19F3N2O4S2/c22-21(23,24)15-5-1-7-17(13-15)32(28,29)12-4-8-18-19(9-2-10-25-18)30-20(27)26-14-16-6-3-11-31-16/h1-3,5-7,9-11,13H,4,8,12,14H2,(H,26,27). The van der Waals surface area contributed by atoms with E-state index in [-0.39, 0.29) is 24.3 Å². The van der Waals surface area contributed by atoms with Gasteiger partial charge in [0, 0.05) is 11.1 Å². The molecular weight excluding hydrogens is 465 g/mol. The molecule has 0 spiro atoms. The number of amides is 1. The lowest BCUT2D eigenvalue weighted by Crippen LogP contribution is -2.26. The Labute approximate surface area is 187 Å². The minimum absolute atomic E-state index is 0.0861. The average Bonchev–Trinajstić information content (AvgIpc) is 3.27. The Kier molecular flexibility index (Phi) is 7.52. The van der Waals surface area contributed by atoms with E-state index in [1.807, 2.05) is 17.5 Å². The number of thiophene rings is 1. The predicted molar refractivity (Wildman–Crippen MR) is 113 cm³/mol. The molecular formula is C21H19F3N2O4S2. The minimum Gasteiger partial charge on any atom is -0.408 e. The average molecular weight is 485 g/mol. The van der Waals surface area contributed by atoms with Crippen LogP contribution >= 0.6 is 11.3 Å². The van der Waals surface area contributed by atoms with Gasteiger partial charge in [-0.15, -0.1) is 11.3 Å². The van der Waals surface area contributed by atoms with Gasteiger partial charge in [0.15, 0.2) is 15.6 Å². The highest BCUT2D eigenvalue weighted by atomic mass is 32.2. The van der Waals surface area contributed by atoms with Crippen LogP contribution < -0.4 is 10.1 Å². The molecule has 0 saturated carbocycles. The van der Waals surface area contributed by atoms with Crippen LogP contribution in [-0.4, -0.2) is 25.2 Å². The van der Waals surface area contributed by atoms with Gasteiger partial charge in [0.05, 0.1) is 28.5 Å². The molecule has 0 aliphatic carbocycles. The number of carbonyl (C=O) groups is 1. The van der Waals surface area contributed by atoms with E-state index in [1.165, 1.54) is 23.6 Å². The first kappa shape index (κ1) is 23.7. The summed E-state index contributed by atoms with van der Waals surface area (Å²) < 4.78 is 68.8. The number of halogens is 3. The lowest BCUT2D eigenvalue weighted by molar-refractivity contribution is -0.137. The number of hydrogen-bond acceptors (Lipinski definition) is 6. The Hall–Kier alpha value is -2.92. The van der Waals surface area contributed by atoms with Gasteiger partial charge in [0.25, 0.3) is 0 Å². The summed E-state index contributed by atoms with van der Waals surface area (Å²) in [5.41, 5.74) is -0.648. The SMILES string of the molecule is O=C(NCc1cccs1)Oc1cccnc1CCCS(=O)(=O)c1cccc(C(F)(F)F)c1. The number of aryl methyl sites for hydroxylation is 1. The first-order valence-corrected chi connectivity index (χ1v) is 12.0. The fraction of sp³-hybridized carbons (Fsp3) is 0.238. The van der Waals surface area contributed by atoms with Crippen LogP contribution in [0.15, 0.2) is 65.0 Å². The molecule has 1 aromatic carbocycles. The van der Waals surface area contributed by atoms with E-state index in [0.29, 0.717) is 18.3 Å². The van der Waals surface area contributed by atoms with Crippen LogP contribution in [0.5, 0.6) is 5.75 Å². The van der Waals surface area contributed by atoms with Gasteiger partial charge in [0.1, 0.15) is 0 Å². The zero-order chi connectivity index (χ0) is 23.2. The number of carbonyl (C=O) groups excluding carboxylic acids is 1. The minimum atomic E-state index is -4.63. The van der Waals surface area contributed by atoms with Gasteiger partial charge in [-0.05, 0) is 54.6 Å². The van der Waals surface area contributed by atoms with Gasteiger partial charge in [-0.25, -0.2) is 13.2 Å². The van der Waals surface area contributed by atoms with Crippen molar-refractivity contribution in [2.75, 3.05) is 5.75 Å². The van der Waals surface area contributed by atoms with Gasteiger partial charge in [-0.3, -0.25) is 4.98 Å². The Morgan fingerprint density at radius 2 is 1.94 bits per heavy atom. The van der Waals surface area contributed by atoms with E-state index in [0.717, 1.165) is 23.1 Å². The third-order valence-electron chi connectivity index (χ3n) is 4.39. The van der Waals surface area contributed by atoms with E-state index in [4.69, 9.17) is 4.74 Å². The second-order valence-electron chi connectivity index (χ2n) is 6.72. The van der Waals surface area contributed by atoms with Crippen molar-refractivity contribution in [3.8, 4) is 5.75 Å². The fourth-order valence-corrected chi connectivity index (χ4v) is 4.82. The quantitative estimate of drug-likeness (QED) is 0.494. The number of benzene rings is 1. The van der Waals surface area contributed by atoms with Crippen molar-refractivity contribution >= 4 is 27.3 Å². The summed E-state index contributed by atoms with van der Waals surface area (Å²) in [6, 6.07) is 10.5. The summed E-state index contributed by atoms with van der Waals surface area (Å²) in [4.78, 5) is 16.7. The summed E-state index contributed by atoms with van der Waals surface area (Å²) in [6.45, 7) is 0.307. The van der Waals surface area contributed by atoms with Gasteiger partial charge in [-0.1, -0.05) is 12.1 Å². The molecule has 3 aromatic rings. The second-order valence-corrected chi connectivity index (χ2v) is 9.86. The van der Waals surface area contributed by atoms with Crippen molar-refractivity contribution < 1.29 is 31.1 Å². The van der Waals surface area contributed by atoms with E-state index >= 15 is 0 Å². The van der Waals surface area contributed by atoms with Gasteiger partial charge in [-0.2, -0.15) is 13.2 Å². The van der Waals surface area contributed by atoms with Crippen LogP contribution in [0.25, 0.3) is 0 Å². The molecule has 0 saturated heterocycles. The number of sulfone groups is 1. The molecule has 2 heterocycles. The molecule has 0 atom stereocenters. The van der Waals surface area contributed by atoms with Crippen LogP contribution in [0, 0.1) is 0 Å². The molecule has 0 radical (unpaired) electrons. The van der Waals surface area contributed by atoms with Crippen molar-refractivity contribution in [1.82, 2.24) is 10.3 Å². The smallest absolute Gasteiger partial charge is 0.408 e. The maximum Gasteiger partial charge on any atom is 0.416 e. The Morgan fingerprint density at radius 3 is 2.66 bits per heavy atom. The van der Waals surface area contributed by atoms with Gasteiger partial charge < -0.3 is 10.1 Å². The van der Waals surface area contributed by atoms with Crippen LogP contribution in [0.2, 0.25) is 0 Å². The molecule has 6 nitrogen and oxygen atoms in total. The topological polar surface area (TPSA) is 85.4 Å². The Balaban J connectivity index is 1.59. The number of nitrogens with zero attached hydrogens (tertiary/aromatic N) is 1. The second kappa shape index (κ2) is 10.1. The fourth-order valence-electron chi connectivity index (χ4n) is 2.83. The zero-order valence-electron chi connectivity index (χ0n) is 16.6. The molecule has 1 N–H and O–H groups in total. The van der Waals surface area contributed by atoms with Crippen LogP contribution in [0.4, 0.5) is 18.0 Å². The van der Waals surface area contributed by atoms with E-state index in [9.17, 15) is 26.4 Å². The molecule has 170 valence electrons. The van der Waals surface area contributed by atoms with Crippen LogP contribution in [0.3, 0.4) is 0 Å².